The van der Waals surface area contributed by atoms with Crippen LogP contribution in [0.3, 0.4) is 0 Å². The third-order valence-corrected chi connectivity index (χ3v) is 4.96. The average Bonchev–Trinajstić information content (AvgIpc) is 2.58. The number of ether oxygens (including phenoxy) is 1. The Kier molecular flexibility index (Phi) is 3.31. The largest absolute Gasteiger partial charge is 0.376 e. The van der Waals surface area contributed by atoms with Crippen LogP contribution in [0.2, 0.25) is 0 Å². The van der Waals surface area contributed by atoms with Crippen molar-refractivity contribution in [1.82, 2.24) is 9.71 Å². The van der Waals surface area contributed by atoms with Gasteiger partial charge in [0.05, 0.1) is 11.6 Å². The van der Waals surface area contributed by atoms with Crippen LogP contribution in [0, 0.1) is 0 Å². The summed E-state index contributed by atoms with van der Waals surface area (Å²) in [5.41, 5.74) is -1.21. The number of sulfonamides is 1. The van der Waals surface area contributed by atoms with E-state index in [2.05, 4.69) is 9.71 Å². The number of H-pyrrole nitrogens is 1. The molecule has 2 unspecified atom stereocenters. The molecule has 1 fully saturated rings. The maximum atomic E-state index is 12.2. The van der Waals surface area contributed by atoms with Crippen molar-refractivity contribution >= 4 is 10.0 Å². The third kappa shape index (κ3) is 2.33. The minimum absolute atomic E-state index is 0.227. The lowest BCUT2D eigenvalue weighted by Gasteiger charge is -2.28. The first-order valence-electron chi connectivity index (χ1n) is 5.68. The van der Waals surface area contributed by atoms with Gasteiger partial charge in [-0.25, -0.2) is 13.1 Å². The second-order valence-electron chi connectivity index (χ2n) is 4.66. The van der Waals surface area contributed by atoms with Crippen molar-refractivity contribution in [3.63, 3.8) is 0 Å². The van der Waals surface area contributed by atoms with Gasteiger partial charge in [-0.1, -0.05) is 0 Å². The van der Waals surface area contributed by atoms with Crippen molar-refractivity contribution < 1.29 is 13.2 Å². The normalized spacial score (nSPS) is 28.4. The predicted octanol–water partition coefficient (Wildman–Crippen LogP) is 0.221. The van der Waals surface area contributed by atoms with Gasteiger partial charge in [0.25, 0.3) is 0 Å². The quantitative estimate of drug-likeness (QED) is 0.824. The molecule has 100 valence electrons. The highest BCUT2D eigenvalue weighted by atomic mass is 32.2. The maximum absolute atomic E-state index is 12.2. The Bertz CT molecular complexity index is 595. The molecule has 1 aromatic heterocycles. The Labute approximate surface area is 105 Å². The summed E-state index contributed by atoms with van der Waals surface area (Å²) in [6.45, 7) is 4.09. The van der Waals surface area contributed by atoms with E-state index in [9.17, 15) is 13.2 Å². The zero-order valence-corrected chi connectivity index (χ0v) is 11.1. The van der Waals surface area contributed by atoms with Crippen molar-refractivity contribution in [1.29, 1.82) is 0 Å². The summed E-state index contributed by atoms with van der Waals surface area (Å²) in [5, 5.41) is 0. The standard InChI is InChI=1S/C11H16N2O4S/c1-8-11(2,4-6-17-8)13-18(15,16)10-7-12-5-3-9(10)14/h3,5,7-8,13H,4,6H2,1-2H3,(H,12,14). The molecule has 0 saturated carbocycles. The summed E-state index contributed by atoms with van der Waals surface area (Å²) in [7, 11) is -3.84. The van der Waals surface area contributed by atoms with Gasteiger partial charge in [0.15, 0.2) is 0 Å². The maximum Gasteiger partial charge on any atom is 0.246 e. The van der Waals surface area contributed by atoms with Crippen LogP contribution >= 0.6 is 0 Å². The minimum Gasteiger partial charge on any atom is -0.376 e. The number of hydrogen-bond donors (Lipinski definition) is 2. The van der Waals surface area contributed by atoms with Gasteiger partial charge in [-0.15, -0.1) is 0 Å². The lowest BCUT2D eigenvalue weighted by atomic mass is 9.97. The van der Waals surface area contributed by atoms with E-state index >= 15 is 0 Å². The topological polar surface area (TPSA) is 88.3 Å². The van der Waals surface area contributed by atoms with E-state index in [-0.39, 0.29) is 11.0 Å². The summed E-state index contributed by atoms with van der Waals surface area (Å²) >= 11 is 0. The van der Waals surface area contributed by atoms with Gasteiger partial charge >= 0.3 is 0 Å². The first-order chi connectivity index (χ1) is 8.35. The van der Waals surface area contributed by atoms with E-state index < -0.39 is 21.0 Å². The molecule has 18 heavy (non-hydrogen) atoms. The van der Waals surface area contributed by atoms with Crippen molar-refractivity contribution in [2.75, 3.05) is 6.61 Å². The molecule has 1 aliphatic rings. The Hall–Kier alpha value is -1.18. The van der Waals surface area contributed by atoms with Gasteiger partial charge in [-0.2, -0.15) is 0 Å². The molecule has 6 nitrogen and oxygen atoms in total. The molecule has 2 N–H and O–H groups in total. The highest BCUT2D eigenvalue weighted by Crippen LogP contribution is 2.26. The Morgan fingerprint density at radius 3 is 2.83 bits per heavy atom. The summed E-state index contributed by atoms with van der Waals surface area (Å²) in [6, 6.07) is 1.19. The molecule has 0 amide bonds. The van der Waals surface area contributed by atoms with Gasteiger partial charge in [-0.3, -0.25) is 4.79 Å². The fraction of sp³-hybridized carbons (Fsp3) is 0.545. The van der Waals surface area contributed by atoms with Crippen molar-refractivity contribution in [3.05, 3.63) is 28.7 Å². The van der Waals surface area contributed by atoms with Crippen LogP contribution in [-0.4, -0.2) is 31.7 Å². The first kappa shape index (κ1) is 13.3. The molecule has 2 atom stereocenters. The molecule has 0 bridgehead atoms. The van der Waals surface area contributed by atoms with E-state index in [0.717, 1.165) is 0 Å². The molecule has 1 aromatic rings. The lowest BCUT2D eigenvalue weighted by molar-refractivity contribution is 0.0957. The summed E-state index contributed by atoms with van der Waals surface area (Å²) in [5.74, 6) is 0. The van der Waals surface area contributed by atoms with Crippen molar-refractivity contribution in [3.8, 4) is 0 Å². The molecule has 1 aliphatic heterocycles. The molecule has 0 radical (unpaired) electrons. The van der Waals surface area contributed by atoms with Crippen molar-refractivity contribution in [2.45, 2.75) is 36.8 Å². The van der Waals surface area contributed by atoms with Crippen LogP contribution in [0.5, 0.6) is 0 Å². The number of aromatic amines is 1. The molecule has 1 saturated heterocycles. The molecule has 0 spiro atoms. The Morgan fingerprint density at radius 1 is 1.56 bits per heavy atom. The molecular weight excluding hydrogens is 256 g/mol. The van der Waals surface area contributed by atoms with Crippen LogP contribution in [0.4, 0.5) is 0 Å². The predicted molar refractivity (Wildman–Crippen MR) is 65.8 cm³/mol. The van der Waals surface area contributed by atoms with Gasteiger partial charge in [0.2, 0.25) is 15.5 Å². The first-order valence-corrected chi connectivity index (χ1v) is 7.16. The number of rotatable bonds is 3. The van der Waals surface area contributed by atoms with Crippen LogP contribution in [-0.2, 0) is 14.8 Å². The van der Waals surface area contributed by atoms with Gasteiger partial charge < -0.3 is 9.72 Å². The number of pyridine rings is 1. The van der Waals surface area contributed by atoms with Crippen molar-refractivity contribution in [2.24, 2.45) is 0 Å². The van der Waals surface area contributed by atoms with E-state index in [1.807, 2.05) is 6.92 Å². The second-order valence-corrected chi connectivity index (χ2v) is 6.31. The lowest BCUT2D eigenvalue weighted by Crippen LogP contribution is -2.51. The summed E-state index contributed by atoms with van der Waals surface area (Å²) < 4.78 is 32.3. The van der Waals surface area contributed by atoms with Gasteiger partial charge in [0.1, 0.15) is 4.90 Å². The number of hydrogen-bond acceptors (Lipinski definition) is 4. The summed E-state index contributed by atoms with van der Waals surface area (Å²) in [4.78, 5) is 13.9. The minimum atomic E-state index is -3.84. The number of aromatic nitrogens is 1. The monoisotopic (exact) mass is 272 g/mol. The second kappa shape index (κ2) is 4.49. The Morgan fingerprint density at radius 2 is 2.28 bits per heavy atom. The smallest absolute Gasteiger partial charge is 0.246 e. The molecular formula is C11H16N2O4S. The molecule has 7 heteroatoms. The Balaban J connectivity index is 2.34. The van der Waals surface area contributed by atoms with E-state index in [1.54, 1.807) is 6.92 Å². The van der Waals surface area contributed by atoms with Gasteiger partial charge in [-0.05, 0) is 20.3 Å². The highest BCUT2D eigenvalue weighted by molar-refractivity contribution is 7.89. The zero-order chi connectivity index (χ0) is 13.4. The zero-order valence-electron chi connectivity index (χ0n) is 10.3. The molecule has 0 aromatic carbocycles. The van der Waals surface area contributed by atoms with E-state index in [1.165, 1.54) is 18.5 Å². The van der Waals surface area contributed by atoms with Gasteiger partial charge in [0, 0.05) is 25.1 Å². The SMILES string of the molecule is CC1OCCC1(C)NS(=O)(=O)c1c[nH]ccc1=O. The fourth-order valence-corrected chi connectivity index (χ4v) is 3.49. The van der Waals surface area contributed by atoms with Crippen LogP contribution in [0.25, 0.3) is 0 Å². The fourth-order valence-electron chi connectivity index (χ4n) is 1.94. The molecule has 2 heterocycles. The van der Waals surface area contributed by atoms with E-state index in [4.69, 9.17) is 4.74 Å². The highest BCUT2D eigenvalue weighted by Gasteiger charge is 2.41. The molecule has 0 aliphatic carbocycles. The van der Waals surface area contributed by atoms with Crippen LogP contribution < -0.4 is 10.2 Å². The molecule has 2 rings (SSSR count). The third-order valence-electron chi connectivity index (χ3n) is 3.33. The van der Waals surface area contributed by atoms with Crippen LogP contribution in [0.15, 0.2) is 28.2 Å². The van der Waals surface area contributed by atoms with Crippen LogP contribution in [0.1, 0.15) is 20.3 Å². The van der Waals surface area contributed by atoms with E-state index in [0.29, 0.717) is 13.0 Å². The summed E-state index contributed by atoms with van der Waals surface area (Å²) in [6.07, 6.45) is 2.94. The average molecular weight is 272 g/mol. The number of nitrogens with one attached hydrogen (secondary N) is 2.